The number of carbonyl (C=O) groups excluding carboxylic acids is 2. The van der Waals surface area contributed by atoms with Crippen LogP contribution in [0, 0.1) is 12.8 Å². The second-order valence-electron chi connectivity index (χ2n) is 7.89. The van der Waals surface area contributed by atoms with E-state index in [2.05, 4.69) is 15.6 Å². The summed E-state index contributed by atoms with van der Waals surface area (Å²) in [6.45, 7) is 2.37. The second kappa shape index (κ2) is 10.8. The van der Waals surface area contributed by atoms with Crippen LogP contribution in [0.15, 0.2) is 42.6 Å². The van der Waals surface area contributed by atoms with Crippen molar-refractivity contribution < 1.29 is 14.3 Å². The van der Waals surface area contributed by atoms with Crippen LogP contribution >= 0.6 is 0 Å². The number of ether oxygens (including phenoxy) is 1. The minimum atomic E-state index is -0.525. The molecule has 1 fully saturated rings. The molecule has 6 heteroatoms. The van der Waals surface area contributed by atoms with Gasteiger partial charge in [-0.15, -0.1) is 0 Å². The number of aryl methyl sites for hydroxylation is 1. The van der Waals surface area contributed by atoms with E-state index in [1.165, 1.54) is 6.42 Å². The molecule has 1 saturated carbocycles. The molecule has 1 aromatic heterocycles. The van der Waals surface area contributed by atoms with Crippen molar-refractivity contribution in [3.05, 3.63) is 59.4 Å². The molecule has 3 rings (SSSR count). The lowest BCUT2D eigenvalue weighted by atomic mass is 9.83. The molecule has 160 valence electrons. The second-order valence-corrected chi connectivity index (χ2v) is 7.89. The van der Waals surface area contributed by atoms with Crippen LogP contribution in [0.1, 0.15) is 53.7 Å². The molecule has 6 nitrogen and oxygen atoms in total. The smallest absolute Gasteiger partial charge is 0.252 e. The fourth-order valence-electron chi connectivity index (χ4n) is 4.07. The molecule has 2 amide bonds. The van der Waals surface area contributed by atoms with Crippen molar-refractivity contribution in [1.82, 2.24) is 15.6 Å². The molecule has 0 radical (unpaired) electrons. The summed E-state index contributed by atoms with van der Waals surface area (Å²) in [5, 5.41) is 6.03. The van der Waals surface area contributed by atoms with Gasteiger partial charge in [-0.3, -0.25) is 14.6 Å². The molecule has 1 atom stereocenters. The van der Waals surface area contributed by atoms with Gasteiger partial charge < -0.3 is 15.4 Å². The van der Waals surface area contributed by atoms with Gasteiger partial charge in [0.05, 0.1) is 7.11 Å². The third kappa shape index (κ3) is 5.81. The van der Waals surface area contributed by atoms with Gasteiger partial charge in [0, 0.05) is 30.4 Å². The number of methoxy groups -OCH3 is 1. The highest BCUT2D eigenvalue weighted by Crippen LogP contribution is 2.27. The predicted octanol–water partition coefficient (Wildman–Crippen LogP) is 3.44. The molecule has 2 aromatic rings. The van der Waals surface area contributed by atoms with E-state index in [-0.39, 0.29) is 17.7 Å². The standard InChI is InChI=1S/C24H31N3O3/c1-17-16-20(30-2)11-12-21(17)23(28)27-22(18-8-4-3-5-9-18)24(29)26-15-13-19-10-6-7-14-25-19/h6-7,10-12,14,16,18,22H,3-5,8-9,13,15H2,1-2H3,(H,26,29)(H,27,28)/t22-/m1/s1. The molecule has 0 unspecified atom stereocenters. The van der Waals surface area contributed by atoms with Crippen molar-refractivity contribution in [2.24, 2.45) is 5.92 Å². The Morgan fingerprint density at radius 2 is 1.97 bits per heavy atom. The van der Waals surface area contributed by atoms with Crippen molar-refractivity contribution in [2.45, 2.75) is 51.5 Å². The summed E-state index contributed by atoms with van der Waals surface area (Å²) < 4.78 is 5.22. The third-order valence-corrected chi connectivity index (χ3v) is 5.78. The molecular weight excluding hydrogens is 378 g/mol. The van der Waals surface area contributed by atoms with Gasteiger partial charge in [-0.05, 0) is 61.6 Å². The topological polar surface area (TPSA) is 80.3 Å². The van der Waals surface area contributed by atoms with E-state index in [0.29, 0.717) is 24.3 Å². The fraction of sp³-hybridized carbons (Fsp3) is 0.458. The Morgan fingerprint density at radius 1 is 1.17 bits per heavy atom. The SMILES string of the molecule is COc1ccc(C(=O)N[C@@H](C(=O)NCCc2ccccn2)C2CCCCC2)c(C)c1. The Labute approximate surface area is 178 Å². The first-order valence-electron chi connectivity index (χ1n) is 10.7. The monoisotopic (exact) mass is 409 g/mol. The highest BCUT2D eigenvalue weighted by Gasteiger charge is 2.31. The number of pyridine rings is 1. The van der Waals surface area contributed by atoms with E-state index in [1.54, 1.807) is 25.4 Å². The maximum Gasteiger partial charge on any atom is 0.252 e. The highest BCUT2D eigenvalue weighted by molar-refractivity contribution is 5.98. The summed E-state index contributed by atoms with van der Waals surface area (Å²) in [6, 6.07) is 10.6. The molecule has 1 aromatic carbocycles. The summed E-state index contributed by atoms with van der Waals surface area (Å²) in [6.07, 6.45) is 7.71. The van der Waals surface area contributed by atoms with Crippen LogP contribution < -0.4 is 15.4 Å². The first kappa shape index (κ1) is 21.8. The van der Waals surface area contributed by atoms with Gasteiger partial charge in [0.1, 0.15) is 11.8 Å². The van der Waals surface area contributed by atoms with E-state index in [9.17, 15) is 9.59 Å². The fourth-order valence-corrected chi connectivity index (χ4v) is 4.07. The van der Waals surface area contributed by atoms with Crippen LogP contribution in [0.2, 0.25) is 0 Å². The Bertz CT molecular complexity index is 848. The van der Waals surface area contributed by atoms with Crippen LogP contribution in [-0.2, 0) is 11.2 Å². The molecule has 0 saturated heterocycles. The zero-order chi connectivity index (χ0) is 21.3. The maximum atomic E-state index is 13.0. The number of hydrogen-bond donors (Lipinski definition) is 2. The van der Waals surface area contributed by atoms with Crippen LogP contribution in [0.5, 0.6) is 5.75 Å². The number of aromatic nitrogens is 1. The number of nitrogens with one attached hydrogen (secondary N) is 2. The third-order valence-electron chi connectivity index (χ3n) is 5.78. The number of nitrogens with zero attached hydrogens (tertiary/aromatic N) is 1. The van der Waals surface area contributed by atoms with Gasteiger partial charge in [0.2, 0.25) is 5.91 Å². The van der Waals surface area contributed by atoms with E-state index >= 15 is 0 Å². The predicted molar refractivity (Wildman–Crippen MR) is 117 cm³/mol. The van der Waals surface area contributed by atoms with Gasteiger partial charge in [-0.2, -0.15) is 0 Å². The summed E-state index contributed by atoms with van der Waals surface area (Å²) in [4.78, 5) is 30.3. The highest BCUT2D eigenvalue weighted by atomic mass is 16.5. The summed E-state index contributed by atoms with van der Waals surface area (Å²) >= 11 is 0. The van der Waals surface area contributed by atoms with Crippen molar-refractivity contribution >= 4 is 11.8 Å². The molecule has 1 heterocycles. The van der Waals surface area contributed by atoms with Gasteiger partial charge in [0.25, 0.3) is 5.91 Å². The van der Waals surface area contributed by atoms with Gasteiger partial charge >= 0.3 is 0 Å². The number of rotatable bonds is 8. The Morgan fingerprint density at radius 3 is 2.63 bits per heavy atom. The maximum absolute atomic E-state index is 13.0. The molecule has 0 spiro atoms. The van der Waals surface area contributed by atoms with Gasteiger partial charge in [0.15, 0.2) is 0 Å². The number of benzene rings is 1. The normalized spacial score (nSPS) is 15.3. The summed E-state index contributed by atoms with van der Waals surface area (Å²) in [5.41, 5.74) is 2.33. The molecule has 1 aliphatic rings. The lowest BCUT2D eigenvalue weighted by Gasteiger charge is -2.30. The minimum Gasteiger partial charge on any atom is -0.497 e. The molecular formula is C24H31N3O3. The van der Waals surface area contributed by atoms with Crippen LogP contribution in [-0.4, -0.2) is 36.5 Å². The Balaban J connectivity index is 1.67. The zero-order valence-electron chi connectivity index (χ0n) is 17.8. The summed E-state index contributed by atoms with van der Waals surface area (Å²) in [7, 11) is 1.60. The van der Waals surface area contributed by atoms with Crippen molar-refractivity contribution in [3.63, 3.8) is 0 Å². The average molecular weight is 410 g/mol. The first-order valence-corrected chi connectivity index (χ1v) is 10.7. The summed E-state index contributed by atoms with van der Waals surface area (Å²) in [5.74, 6) is 0.541. The molecule has 0 aliphatic heterocycles. The van der Waals surface area contributed by atoms with Crippen molar-refractivity contribution in [1.29, 1.82) is 0 Å². The van der Waals surface area contributed by atoms with Crippen molar-refractivity contribution in [2.75, 3.05) is 13.7 Å². The lowest BCUT2D eigenvalue weighted by molar-refractivity contribution is -0.124. The molecule has 1 aliphatic carbocycles. The van der Waals surface area contributed by atoms with E-state index < -0.39 is 6.04 Å². The van der Waals surface area contributed by atoms with Gasteiger partial charge in [-0.25, -0.2) is 0 Å². The zero-order valence-corrected chi connectivity index (χ0v) is 17.8. The minimum absolute atomic E-state index is 0.114. The largest absolute Gasteiger partial charge is 0.497 e. The van der Waals surface area contributed by atoms with Crippen LogP contribution in [0.4, 0.5) is 0 Å². The molecule has 30 heavy (non-hydrogen) atoms. The van der Waals surface area contributed by atoms with E-state index in [0.717, 1.165) is 36.9 Å². The molecule has 2 N–H and O–H groups in total. The van der Waals surface area contributed by atoms with Crippen LogP contribution in [0.3, 0.4) is 0 Å². The lowest BCUT2D eigenvalue weighted by Crippen LogP contribution is -2.51. The van der Waals surface area contributed by atoms with E-state index in [4.69, 9.17) is 4.74 Å². The van der Waals surface area contributed by atoms with Gasteiger partial charge in [-0.1, -0.05) is 25.3 Å². The molecule has 0 bridgehead atoms. The average Bonchev–Trinajstić information content (AvgIpc) is 2.78. The first-order chi connectivity index (χ1) is 14.6. The number of hydrogen-bond acceptors (Lipinski definition) is 4. The number of carbonyl (C=O) groups is 2. The van der Waals surface area contributed by atoms with Crippen molar-refractivity contribution in [3.8, 4) is 5.75 Å². The van der Waals surface area contributed by atoms with Crippen LogP contribution in [0.25, 0.3) is 0 Å². The quantitative estimate of drug-likeness (QED) is 0.700. The Kier molecular flexibility index (Phi) is 7.82. The number of amides is 2. The Hall–Kier alpha value is -2.89. The van der Waals surface area contributed by atoms with E-state index in [1.807, 2.05) is 31.2 Å².